The average Bonchev–Trinajstić information content (AvgIpc) is 2.40. The number of anilines is 1. The van der Waals surface area contributed by atoms with Gasteiger partial charge in [0.05, 0.1) is 13.0 Å². The Bertz CT molecular complexity index is 617. The van der Waals surface area contributed by atoms with Gasteiger partial charge in [0, 0.05) is 11.1 Å². The van der Waals surface area contributed by atoms with Crippen LogP contribution in [0.2, 0.25) is 0 Å². The molecule has 0 spiro atoms. The molecule has 98 valence electrons. The van der Waals surface area contributed by atoms with E-state index in [0.717, 1.165) is 22.0 Å². The zero-order valence-electron chi connectivity index (χ0n) is 10.9. The van der Waals surface area contributed by atoms with Crippen LogP contribution >= 0.6 is 0 Å². The summed E-state index contributed by atoms with van der Waals surface area (Å²) in [6, 6.07) is 11.8. The van der Waals surface area contributed by atoms with Crippen molar-refractivity contribution in [2.75, 3.05) is 12.3 Å². The summed E-state index contributed by atoms with van der Waals surface area (Å²) in [5.41, 5.74) is 7.76. The van der Waals surface area contributed by atoms with E-state index in [4.69, 9.17) is 10.5 Å². The molecule has 2 N–H and O–H groups in total. The van der Waals surface area contributed by atoms with Gasteiger partial charge in [-0.05, 0) is 23.9 Å². The molecule has 0 amide bonds. The minimum absolute atomic E-state index is 0.210. The highest BCUT2D eigenvalue weighted by molar-refractivity contribution is 5.98. The van der Waals surface area contributed by atoms with Gasteiger partial charge in [-0.15, -0.1) is 0 Å². The van der Waals surface area contributed by atoms with Crippen molar-refractivity contribution >= 4 is 28.5 Å². The van der Waals surface area contributed by atoms with Gasteiger partial charge in [0.2, 0.25) is 0 Å². The Labute approximate surface area is 112 Å². The maximum absolute atomic E-state index is 11.3. The van der Waals surface area contributed by atoms with E-state index in [0.29, 0.717) is 6.61 Å². The number of nitrogens with two attached hydrogens (primary N) is 1. The number of nitrogen functional groups attached to an aromatic ring is 1. The standard InChI is InChI=1S/C16H17NO2/c1-2-19-16(18)11-4-7-12-6-3-9-14-13(12)8-5-10-15(14)17/h3-10H,2,11,17H2,1H3. The van der Waals surface area contributed by atoms with Crippen molar-refractivity contribution in [2.45, 2.75) is 13.3 Å². The van der Waals surface area contributed by atoms with E-state index in [1.807, 2.05) is 48.6 Å². The quantitative estimate of drug-likeness (QED) is 0.673. The molecule has 3 nitrogen and oxygen atoms in total. The van der Waals surface area contributed by atoms with Crippen molar-refractivity contribution in [2.24, 2.45) is 0 Å². The first-order chi connectivity index (χ1) is 9.22. The Kier molecular flexibility index (Phi) is 4.18. The third-order valence-electron chi connectivity index (χ3n) is 2.88. The summed E-state index contributed by atoms with van der Waals surface area (Å²) in [5, 5.41) is 2.11. The lowest BCUT2D eigenvalue weighted by Gasteiger charge is -2.04. The average molecular weight is 255 g/mol. The van der Waals surface area contributed by atoms with Gasteiger partial charge < -0.3 is 10.5 Å². The molecule has 0 saturated carbocycles. The highest BCUT2D eigenvalue weighted by Crippen LogP contribution is 2.24. The summed E-state index contributed by atoms with van der Waals surface area (Å²) in [4.78, 5) is 11.3. The van der Waals surface area contributed by atoms with E-state index >= 15 is 0 Å². The number of ether oxygens (including phenoxy) is 1. The summed E-state index contributed by atoms with van der Waals surface area (Å²) in [6.07, 6.45) is 4.03. The van der Waals surface area contributed by atoms with Crippen LogP contribution in [0.15, 0.2) is 42.5 Å². The van der Waals surface area contributed by atoms with Crippen LogP contribution in [0.3, 0.4) is 0 Å². The lowest BCUT2D eigenvalue weighted by atomic mass is 10.0. The summed E-state index contributed by atoms with van der Waals surface area (Å²) in [5.74, 6) is -0.210. The molecule has 0 aliphatic carbocycles. The number of rotatable bonds is 4. The SMILES string of the molecule is CCOC(=O)CC=Cc1cccc2c(N)cccc12. The summed E-state index contributed by atoms with van der Waals surface area (Å²) < 4.78 is 4.88. The molecule has 2 aromatic carbocycles. The van der Waals surface area contributed by atoms with Crippen molar-refractivity contribution in [1.82, 2.24) is 0 Å². The number of esters is 1. The normalized spacial score (nSPS) is 11.0. The minimum atomic E-state index is -0.210. The fourth-order valence-corrected chi connectivity index (χ4v) is 2.01. The van der Waals surface area contributed by atoms with Gasteiger partial charge >= 0.3 is 5.97 Å². The Morgan fingerprint density at radius 3 is 2.74 bits per heavy atom. The predicted octanol–water partition coefficient (Wildman–Crippen LogP) is 3.39. The molecule has 3 heteroatoms. The smallest absolute Gasteiger partial charge is 0.309 e. The molecule has 2 rings (SSSR count). The molecule has 0 radical (unpaired) electrons. The van der Waals surface area contributed by atoms with Crippen molar-refractivity contribution < 1.29 is 9.53 Å². The van der Waals surface area contributed by atoms with Crippen molar-refractivity contribution in [1.29, 1.82) is 0 Å². The van der Waals surface area contributed by atoms with Crippen molar-refractivity contribution in [3.63, 3.8) is 0 Å². The second-order valence-corrected chi connectivity index (χ2v) is 4.20. The molecular formula is C16H17NO2. The highest BCUT2D eigenvalue weighted by Gasteiger charge is 2.01. The maximum atomic E-state index is 11.3. The summed E-state index contributed by atoms with van der Waals surface area (Å²) in [7, 11) is 0. The molecule has 0 aliphatic rings. The van der Waals surface area contributed by atoms with Crippen LogP contribution in [-0.4, -0.2) is 12.6 Å². The molecule has 0 bridgehead atoms. The second kappa shape index (κ2) is 6.05. The van der Waals surface area contributed by atoms with Crippen LogP contribution in [0.5, 0.6) is 0 Å². The van der Waals surface area contributed by atoms with Gasteiger partial charge in [0.25, 0.3) is 0 Å². The molecule has 0 fully saturated rings. The number of hydrogen-bond acceptors (Lipinski definition) is 3. The number of hydrogen-bond donors (Lipinski definition) is 1. The van der Waals surface area contributed by atoms with Gasteiger partial charge in [0.15, 0.2) is 0 Å². The first kappa shape index (κ1) is 13.1. The van der Waals surface area contributed by atoms with Crippen molar-refractivity contribution in [3.05, 3.63) is 48.0 Å². The van der Waals surface area contributed by atoms with E-state index in [9.17, 15) is 4.79 Å². The number of fused-ring (bicyclic) bond motifs is 1. The van der Waals surface area contributed by atoms with Crippen LogP contribution in [0.4, 0.5) is 5.69 Å². The lowest BCUT2D eigenvalue weighted by molar-refractivity contribution is -0.142. The molecule has 19 heavy (non-hydrogen) atoms. The Hall–Kier alpha value is -2.29. The topological polar surface area (TPSA) is 52.3 Å². The lowest BCUT2D eigenvalue weighted by Crippen LogP contribution is -2.01. The fraction of sp³-hybridized carbons (Fsp3) is 0.188. The van der Waals surface area contributed by atoms with Crippen LogP contribution in [0.1, 0.15) is 18.9 Å². The van der Waals surface area contributed by atoms with Gasteiger partial charge in [-0.25, -0.2) is 0 Å². The third-order valence-corrected chi connectivity index (χ3v) is 2.88. The van der Waals surface area contributed by atoms with Crippen LogP contribution in [0, 0.1) is 0 Å². The van der Waals surface area contributed by atoms with Gasteiger partial charge in [-0.1, -0.05) is 42.5 Å². The van der Waals surface area contributed by atoms with E-state index in [1.165, 1.54) is 0 Å². The molecule has 0 heterocycles. The zero-order valence-corrected chi connectivity index (χ0v) is 10.9. The second-order valence-electron chi connectivity index (χ2n) is 4.20. The molecule has 0 unspecified atom stereocenters. The molecule has 0 aliphatic heterocycles. The largest absolute Gasteiger partial charge is 0.466 e. The van der Waals surface area contributed by atoms with Crippen LogP contribution in [-0.2, 0) is 9.53 Å². The van der Waals surface area contributed by atoms with Crippen LogP contribution in [0.25, 0.3) is 16.8 Å². The van der Waals surface area contributed by atoms with Gasteiger partial charge in [0.1, 0.15) is 0 Å². The number of benzene rings is 2. The van der Waals surface area contributed by atoms with E-state index in [-0.39, 0.29) is 12.4 Å². The molecule has 2 aromatic rings. The summed E-state index contributed by atoms with van der Waals surface area (Å²) in [6.45, 7) is 2.21. The van der Waals surface area contributed by atoms with Gasteiger partial charge in [-0.3, -0.25) is 4.79 Å². The fourth-order valence-electron chi connectivity index (χ4n) is 2.01. The Balaban J connectivity index is 2.24. The molecular weight excluding hydrogens is 238 g/mol. The number of carbonyl (C=O) groups excluding carboxylic acids is 1. The first-order valence-corrected chi connectivity index (χ1v) is 6.31. The Morgan fingerprint density at radius 2 is 1.95 bits per heavy atom. The van der Waals surface area contributed by atoms with Crippen LogP contribution < -0.4 is 5.73 Å². The first-order valence-electron chi connectivity index (χ1n) is 6.31. The summed E-state index contributed by atoms with van der Waals surface area (Å²) >= 11 is 0. The zero-order chi connectivity index (χ0) is 13.7. The minimum Gasteiger partial charge on any atom is -0.466 e. The maximum Gasteiger partial charge on any atom is 0.309 e. The number of carbonyl (C=O) groups is 1. The molecule has 0 atom stereocenters. The van der Waals surface area contributed by atoms with E-state index in [2.05, 4.69) is 0 Å². The molecule has 0 saturated heterocycles. The van der Waals surface area contributed by atoms with E-state index < -0.39 is 0 Å². The highest BCUT2D eigenvalue weighted by atomic mass is 16.5. The van der Waals surface area contributed by atoms with Crippen molar-refractivity contribution in [3.8, 4) is 0 Å². The van der Waals surface area contributed by atoms with E-state index in [1.54, 1.807) is 6.92 Å². The molecule has 0 aromatic heterocycles. The predicted molar refractivity (Wildman–Crippen MR) is 78.6 cm³/mol. The van der Waals surface area contributed by atoms with Gasteiger partial charge in [-0.2, -0.15) is 0 Å². The third kappa shape index (κ3) is 3.13. The monoisotopic (exact) mass is 255 g/mol. The Morgan fingerprint density at radius 1 is 1.21 bits per heavy atom.